The van der Waals surface area contributed by atoms with Gasteiger partial charge in [-0.25, -0.2) is 0 Å². The summed E-state index contributed by atoms with van der Waals surface area (Å²) in [6, 6.07) is 8.95. The fourth-order valence-electron chi connectivity index (χ4n) is 1.25. The fourth-order valence-corrected chi connectivity index (χ4v) is 2.04. The SMILES string of the molecule is CC(=O)S/C(=C\N(C)C)C(=O)c1ccccc1. The Morgan fingerprint density at radius 3 is 2.24 bits per heavy atom. The minimum absolute atomic E-state index is 0.0950. The summed E-state index contributed by atoms with van der Waals surface area (Å²) in [4.78, 5) is 25.5. The first-order valence-electron chi connectivity index (χ1n) is 5.17. The van der Waals surface area contributed by atoms with Gasteiger partial charge in [0.2, 0.25) is 5.78 Å². The summed E-state index contributed by atoms with van der Waals surface area (Å²) in [5, 5.41) is -0.0950. The van der Waals surface area contributed by atoms with E-state index in [-0.39, 0.29) is 10.9 Å². The molecule has 17 heavy (non-hydrogen) atoms. The maximum Gasteiger partial charge on any atom is 0.201 e. The van der Waals surface area contributed by atoms with Crippen molar-refractivity contribution in [1.82, 2.24) is 4.90 Å². The number of Topliss-reactive ketones (excluding diaryl/α,β-unsaturated/α-hetero) is 1. The largest absolute Gasteiger partial charge is 0.382 e. The summed E-state index contributed by atoms with van der Waals surface area (Å²) in [6.45, 7) is 1.45. The van der Waals surface area contributed by atoms with Gasteiger partial charge in [0, 0.05) is 32.8 Å². The molecule has 0 spiro atoms. The molecule has 0 aromatic heterocycles. The summed E-state index contributed by atoms with van der Waals surface area (Å²) < 4.78 is 0. The Bertz CT molecular complexity index is 438. The quantitative estimate of drug-likeness (QED) is 0.607. The van der Waals surface area contributed by atoms with Crippen LogP contribution in [0.4, 0.5) is 0 Å². The van der Waals surface area contributed by atoms with Crippen LogP contribution in [-0.4, -0.2) is 29.9 Å². The van der Waals surface area contributed by atoms with E-state index >= 15 is 0 Å². The van der Waals surface area contributed by atoms with Crippen LogP contribution in [0.3, 0.4) is 0 Å². The van der Waals surface area contributed by atoms with Gasteiger partial charge in [0.1, 0.15) is 0 Å². The van der Waals surface area contributed by atoms with Gasteiger partial charge in [-0.05, 0) is 11.8 Å². The zero-order chi connectivity index (χ0) is 12.8. The van der Waals surface area contributed by atoms with Crippen LogP contribution < -0.4 is 0 Å². The molecular weight excluding hydrogens is 234 g/mol. The first-order valence-corrected chi connectivity index (χ1v) is 5.98. The Hall–Kier alpha value is -1.55. The van der Waals surface area contributed by atoms with Crippen LogP contribution in [0.15, 0.2) is 41.4 Å². The Morgan fingerprint density at radius 2 is 1.76 bits per heavy atom. The van der Waals surface area contributed by atoms with E-state index in [1.807, 2.05) is 20.2 Å². The number of rotatable bonds is 4. The molecule has 0 bridgehead atoms. The fraction of sp³-hybridized carbons (Fsp3) is 0.231. The van der Waals surface area contributed by atoms with Gasteiger partial charge in [-0.15, -0.1) is 0 Å². The maximum absolute atomic E-state index is 12.1. The highest BCUT2D eigenvalue weighted by Gasteiger charge is 2.15. The van der Waals surface area contributed by atoms with Crippen molar-refractivity contribution in [2.75, 3.05) is 14.1 Å². The van der Waals surface area contributed by atoms with E-state index in [0.717, 1.165) is 11.8 Å². The lowest BCUT2D eigenvalue weighted by molar-refractivity contribution is -0.109. The van der Waals surface area contributed by atoms with Crippen molar-refractivity contribution >= 4 is 22.7 Å². The van der Waals surface area contributed by atoms with Crippen molar-refractivity contribution in [3.8, 4) is 0 Å². The van der Waals surface area contributed by atoms with Crippen LogP contribution in [0.5, 0.6) is 0 Å². The molecule has 0 saturated heterocycles. The second-order valence-corrected chi connectivity index (χ2v) is 4.96. The predicted octanol–water partition coefficient (Wildman–Crippen LogP) is 2.55. The third-order valence-electron chi connectivity index (χ3n) is 1.89. The molecule has 1 aromatic rings. The van der Waals surface area contributed by atoms with E-state index in [2.05, 4.69) is 0 Å². The van der Waals surface area contributed by atoms with Crippen LogP contribution in [-0.2, 0) is 4.79 Å². The van der Waals surface area contributed by atoms with Gasteiger partial charge in [-0.1, -0.05) is 30.3 Å². The van der Waals surface area contributed by atoms with Crippen molar-refractivity contribution in [3.05, 3.63) is 47.0 Å². The summed E-state index contributed by atoms with van der Waals surface area (Å²) in [5.74, 6) is -0.125. The number of allylic oxidation sites excluding steroid dienone is 1. The molecule has 0 atom stereocenters. The topological polar surface area (TPSA) is 37.4 Å². The molecular formula is C13H15NO2S. The Morgan fingerprint density at radius 1 is 1.18 bits per heavy atom. The molecule has 0 aliphatic rings. The second-order valence-electron chi connectivity index (χ2n) is 3.75. The van der Waals surface area contributed by atoms with E-state index in [1.165, 1.54) is 6.92 Å². The number of carbonyl (C=O) groups is 2. The third-order valence-corrected chi connectivity index (χ3v) is 2.69. The van der Waals surface area contributed by atoms with Gasteiger partial charge in [0.05, 0.1) is 4.91 Å². The molecule has 90 valence electrons. The number of benzene rings is 1. The van der Waals surface area contributed by atoms with Crippen molar-refractivity contribution in [2.45, 2.75) is 6.92 Å². The highest BCUT2D eigenvalue weighted by atomic mass is 32.2. The van der Waals surface area contributed by atoms with Crippen LogP contribution in [0.25, 0.3) is 0 Å². The molecule has 0 aliphatic heterocycles. The number of hydrogen-bond donors (Lipinski definition) is 0. The molecule has 1 rings (SSSR count). The summed E-state index contributed by atoms with van der Waals surface area (Å²) in [6.07, 6.45) is 1.67. The van der Waals surface area contributed by atoms with Crippen LogP contribution in [0.1, 0.15) is 17.3 Å². The molecule has 0 heterocycles. The van der Waals surface area contributed by atoms with Crippen LogP contribution in [0, 0.1) is 0 Å². The lowest BCUT2D eigenvalue weighted by atomic mass is 10.1. The first-order chi connectivity index (χ1) is 8.00. The molecule has 0 aliphatic carbocycles. The van der Waals surface area contributed by atoms with Crippen molar-refractivity contribution in [1.29, 1.82) is 0 Å². The molecule has 0 N–H and O–H groups in total. The average Bonchev–Trinajstić information content (AvgIpc) is 2.27. The van der Waals surface area contributed by atoms with Crippen LogP contribution >= 0.6 is 11.8 Å². The van der Waals surface area contributed by atoms with E-state index < -0.39 is 0 Å². The minimum atomic E-state index is -0.125. The average molecular weight is 249 g/mol. The number of carbonyl (C=O) groups excluding carboxylic acids is 2. The van der Waals surface area contributed by atoms with E-state index in [0.29, 0.717) is 10.5 Å². The monoisotopic (exact) mass is 249 g/mol. The van der Waals surface area contributed by atoms with Gasteiger partial charge in [-0.3, -0.25) is 9.59 Å². The zero-order valence-electron chi connectivity index (χ0n) is 10.1. The van der Waals surface area contributed by atoms with Crippen LogP contribution in [0.2, 0.25) is 0 Å². The first kappa shape index (κ1) is 13.5. The third kappa shape index (κ3) is 4.44. The Balaban J connectivity index is 2.99. The number of thioether (sulfide) groups is 1. The number of nitrogens with zero attached hydrogens (tertiary/aromatic N) is 1. The molecule has 0 fully saturated rings. The lowest BCUT2D eigenvalue weighted by Crippen LogP contribution is -2.09. The maximum atomic E-state index is 12.1. The number of ketones is 1. The lowest BCUT2D eigenvalue weighted by Gasteiger charge is -2.09. The van der Waals surface area contributed by atoms with E-state index in [9.17, 15) is 9.59 Å². The Labute approximate surface area is 106 Å². The molecule has 4 heteroatoms. The normalized spacial score (nSPS) is 11.1. The second kappa shape index (κ2) is 6.25. The highest BCUT2D eigenvalue weighted by molar-refractivity contribution is 8.17. The van der Waals surface area contributed by atoms with Gasteiger partial charge < -0.3 is 4.90 Å². The molecule has 0 saturated carbocycles. The predicted molar refractivity (Wildman–Crippen MR) is 70.8 cm³/mol. The van der Waals surface area contributed by atoms with Crippen molar-refractivity contribution < 1.29 is 9.59 Å². The standard InChI is InChI=1S/C13H15NO2S/c1-10(15)17-12(9-14(2)3)13(16)11-7-5-4-6-8-11/h4-9H,1-3H3/b12-9-. The van der Waals surface area contributed by atoms with Gasteiger partial charge in [-0.2, -0.15) is 0 Å². The van der Waals surface area contributed by atoms with Gasteiger partial charge in [0.15, 0.2) is 5.12 Å². The molecule has 0 radical (unpaired) electrons. The molecule has 0 unspecified atom stereocenters. The zero-order valence-corrected chi connectivity index (χ0v) is 11.0. The summed E-state index contributed by atoms with van der Waals surface area (Å²) in [7, 11) is 3.64. The Kier molecular flexibility index (Phi) is 4.97. The summed E-state index contributed by atoms with van der Waals surface area (Å²) >= 11 is 0.962. The van der Waals surface area contributed by atoms with Gasteiger partial charge >= 0.3 is 0 Å². The smallest absolute Gasteiger partial charge is 0.201 e. The molecule has 1 aromatic carbocycles. The molecule has 0 amide bonds. The number of hydrogen-bond acceptors (Lipinski definition) is 4. The minimum Gasteiger partial charge on any atom is -0.382 e. The summed E-state index contributed by atoms with van der Waals surface area (Å²) in [5.41, 5.74) is 0.592. The molecule has 3 nitrogen and oxygen atoms in total. The van der Waals surface area contributed by atoms with E-state index in [4.69, 9.17) is 0 Å². The van der Waals surface area contributed by atoms with Gasteiger partial charge in [0.25, 0.3) is 0 Å². The van der Waals surface area contributed by atoms with Crippen molar-refractivity contribution in [3.63, 3.8) is 0 Å². The van der Waals surface area contributed by atoms with E-state index in [1.54, 1.807) is 35.4 Å². The highest BCUT2D eigenvalue weighted by Crippen LogP contribution is 2.21. The van der Waals surface area contributed by atoms with Crippen molar-refractivity contribution in [2.24, 2.45) is 0 Å².